The summed E-state index contributed by atoms with van der Waals surface area (Å²) in [6, 6.07) is 15.4. The van der Waals surface area contributed by atoms with Crippen molar-refractivity contribution in [3.05, 3.63) is 78.4 Å². The van der Waals surface area contributed by atoms with Crippen molar-refractivity contribution in [2.45, 2.75) is 18.9 Å². The van der Waals surface area contributed by atoms with E-state index in [0.717, 1.165) is 6.08 Å². The molecule has 0 heterocycles. The Balaban J connectivity index is 1.58. The zero-order valence-corrected chi connectivity index (χ0v) is 18.3. The summed E-state index contributed by atoms with van der Waals surface area (Å²) in [6.45, 7) is 3.42. The van der Waals surface area contributed by atoms with Crippen molar-refractivity contribution in [3.63, 3.8) is 0 Å². The molecule has 2 rings (SSSR count). The van der Waals surface area contributed by atoms with E-state index in [-0.39, 0.29) is 32.2 Å². The van der Waals surface area contributed by atoms with Crippen molar-refractivity contribution >= 4 is 17.7 Å². The van der Waals surface area contributed by atoms with Gasteiger partial charge in [-0.3, -0.25) is 4.79 Å². The van der Waals surface area contributed by atoms with Gasteiger partial charge in [-0.15, -0.1) is 0 Å². The Hall–Kier alpha value is -3.49. The predicted octanol–water partition coefficient (Wildman–Crippen LogP) is 2.73. The molecule has 0 amide bonds. The monoisotopic (exact) mass is 456 g/mol. The van der Waals surface area contributed by atoms with Crippen molar-refractivity contribution in [3.8, 4) is 5.75 Å². The van der Waals surface area contributed by atoms with Gasteiger partial charge in [0.05, 0.1) is 13.2 Å². The van der Waals surface area contributed by atoms with E-state index in [0.29, 0.717) is 36.3 Å². The van der Waals surface area contributed by atoms with E-state index in [4.69, 9.17) is 18.9 Å². The van der Waals surface area contributed by atoms with E-state index in [1.807, 2.05) is 6.07 Å². The zero-order valence-electron chi connectivity index (χ0n) is 18.3. The Bertz CT molecular complexity index is 892. The van der Waals surface area contributed by atoms with Crippen LogP contribution >= 0.6 is 0 Å². The fourth-order valence-electron chi connectivity index (χ4n) is 2.64. The summed E-state index contributed by atoms with van der Waals surface area (Å²) in [7, 11) is 0. The number of esters is 2. The summed E-state index contributed by atoms with van der Waals surface area (Å²) >= 11 is 0. The normalized spacial score (nSPS) is 11.3. The minimum absolute atomic E-state index is 0.0114. The van der Waals surface area contributed by atoms with Gasteiger partial charge in [0.25, 0.3) is 0 Å². The average molecular weight is 456 g/mol. The van der Waals surface area contributed by atoms with Crippen LogP contribution in [0, 0.1) is 0 Å². The van der Waals surface area contributed by atoms with Gasteiger partial charge in [0.1, 0.15) is 18.5 Å². The fourth-order valence-corrected chi connectivity index (χ4v) is 2.64. The number of hydrogen-bond acceptors (Lipinski definition) is 8. The molecular weight excluding hydrogens is 428 g/mol. The Morgan fingerprint density at radius 1 is 0.879 bits per heavy atom. The molecule has 0 aromatic heterocycles. The van der Waals surface area contributed by atoms with Crippen LogP contribution in [0.5, 0.6) is 5.75 Å². The van der Waals surface area contributed by atoms with E-state index in [2.05, 4.69) is 6.58 Å². The van der Waals surface area contributed by atoms with Crippen molar-refractivity contribution in [2.24, 2.45) is 0 Å². The number of unbranched alkanes of at least 4 members (excludes halogenated alkanes) is 1. The molecule has 8 nitrogen and oxygen atoms in total. The predicted molar refractivity (Wildman–Crippen MR) is 120 cm³/mol. The van der Waals surface area contributed by atoms with Crippen molar-refractivity contribution in [2.75, 3.05) is 33.0 Å². The number of carbonyl (C=O) groups excluding carboxylic acids is 3. The maximum Gasteiger partial charge on any atom is 0.344 e. The van der Waals surface area contributed by atoms with E-state index < -0.39 is 18.0 Å². The Morgan fingerprint density at radius 2 is 1.55 bits per heavy atom. The molecule has 33 heavy (non-hydrogen) atoms. The lowest BCUT2D eigenvalue weighted by Crippen LogP contribution is -2.26. The largest absolute Gasteiger partial charge is 0.482 e. The molecule has 2 aromatic carbocycles. The van der Waals surface area contributed by atoms with E-state index in [1.54, 1.807) is 48.5 Å². The summed E-state index contributed by atoms with van der Waals surface area (Å²) in [4.78, 5) is 35.1. The van der Waals surface area contributed by atoms with Gasteiger partial charge in [0.15, 0.2) is 12.4 Å². The van der Waals surface area contributed by atoms with Gasteiger partial charge >= 0.3 is 11.9 Å². The third kappa shape index (κ3) is 10.1. The van der Waals surface area contributed by atoms with Gasteiger partial charge in [-0.1, -0.05) is 36.9 Å². The lowest BCUT2D eigenvalue weighted by atomic mass is 10.0. The van der Waals surface area contributed by atoms with Gasteiger partial charge in [-0.25, -0.2) is 9.59 Å². The van der Waals surface area contributed by atoms with Gasteiger partial charge in [-0.05, 0) is 37.1 Å². The lowest BCUT2D eigenvalue weighted by Gasteiger charge is -2.12. The van der Waals surface area contributed by atoms with Gasteiger partial charge in [0.2, 0.25) is 0 Å². The topological polar surface area (TPSA) is 108 Å². The van der Waals surface area contributed by atoms with Crippen molar-refractivity contribution in [1.82, 2.24) is 0 Å². The molecule has 2 aromatic rings. The maximum absolute atomic E-state index is 12.4. The summed E-state index contributed by atoms with van der Waals surface area (Å²) in [5.41, 5.74) is 1.10. The quantitative estimate of drug-likeness (QED) is 0.189. The number of ether oxygens (including phenoxy) is 4. The smallest absolute Gasteiger partial charge is 0.344 e. The molecule has 1 atom stereocenters. The number of rotatable bonds is 15. The first kappa shape index (κ1) is 25.8. The maximum atomic E-state index is 12.4. The Kier molecular flexibility index (Phi) is 11.4. The third-order valence-electron chi connectivity index (χ3n) is 4.35. The van der Waals surface area contributed by atoms with Gasteiger partial charge < -0.3 is 24.1 Å². The number of hydrogen-bond donors (Lipinski definition) is 1. The van der Waals surface area contributed by atoms with Crippen LogP contribution in [0.4, 0.5) is 0 Å². The first-order chi connectivity index (χ1) is 16.0. The second-order valence-electron chi connectivity index (χ2n) is 7.00. The number of ketones is 1. The van der Waals surface area contributed by atoms with Crippen molar-refractivity contribution in [1.29, 1.82) is 0 Å². The van der Waals surface area contributed by atoms with Crippen LogP contribution in [0.2, 0.25) is 0 Å². The minimum atomic E-state index is -0.962. The second-order valence-corrected chi connectivity index (χ2v) is 7.00. The standard InChI is InChI=1S/C25H28O8/c1-2-23(27)31-15-7-6-14-30-16-21(26)17-33-24(28)18-32-22-12-10-20(11-13-22)25(29)19-8-4-3-5-9-19/h2-5,8-13,21,26H,1,6-7,14-18H2. The number of aliphatic hydroxyl groups excluding tert-OH is 1. The molecule has 0 saturated carbocycles. The Morgan fingerprint density at radius 3 is 2.24 bits per heavy atom. The highest BCUT2D eigenvalue weighted by atomic mass is 16.6. The highest BCUT2D eigenvalue weighted by Crippen LogP contribution is 2.15. The molecule has 8 heteroatoms. The van der Waals surface area contributed by atoms with Crippen molar-refractivity contribution < 1.29 is 38.4 Å². The zero-order chi connectivity index (χ0) is 23.9. The molecule has 0 radical (unpaired) electrons. The molecular formula is C25H28O8. The molecule has 0 spiro atoms. The van der Waals surface area contributed by atoms with Gasteiger partial charge in [0, 0.05) is 23.8 Å². The summed E-state index contributed by atoms with van der Waals surface area (Å²) in [6.07, 6.45) is 1.42. The first-order valence-corrected chi connectivity index (χ1v) is 10.5. The molecule has 0 aliphatic rings. The van der Waals surface area contributed by atoms with Crippen LogP contribution in [0.15, 0.2) is 67.3 Å². The molecule has 1 unspecified atom stereocenters. The lowest BCUT2D eigenvalue weighted by molar-refractivity contribution is -0.150. The molecule has 176 valence electrons. The van der Waals surface area contributed by atoms with Crippen LogP contribution in [-0.4, -0.2) is 62.0 Å². The second kappa shape index (κ2) is 14.5. The minimum Gasteiger partial charge on any atom is -0.482 e. The van der Waals surface area contributed by atoms with Crippen LogP contribution in [0.1, 0.15) is 28.8 Å². The van der Waals surface area contributed by atoms with Crippen LogP contribution in [-0.2, 0) is 23.8 Å². The number of benzene rings is 2. The molecule has 0 aliphatic heterocycles. The molecule has 0 saturated heterocycles. The highest BCUT2D eigenvalue weighted by Gasteiger charge is 2.11. The highest BCUT2D eigenvalue weighted by molar-refractivity contribution is 6.08. The van der Waals surface area contributed by atoms with E-state index in [1.165, 1.54) is 0 Å². The van der Waals surface area contributed by atoms with Crippen LogP contribution in [0.25, 0.3) is 0 Å². The molecule has 0 bridgehead atoms. The third-order valence-corrected chi connectivity index (χ3v) is 4.35. The number of aliphatic hydroxyl groups is 1. The fraction of sp³-hybridized carbons (Fsp3) is 0.320. The summed E-state index contributed by atoms with van der Waals surface area (Å²) < 4.78 is 20.4. The van der Waals surface area contributed by atoms with E-state index in [9.17, 15) is 19.5 Å². The average Bonchev–Trinajstić information content (AvgIpc) is 2.85. The summed E-state index contributed by atoms with van der Waals surface area (Å²) in [5, 5.41) is 9.81. The Labute approximate surface area is 192 Å². The van der Waals surface area contributed by atoms with Crippen LogP contribution < -0.4 is 4.74 Å². The van der Waals surface area contributed by atoms with E-state index >= 15 is 0 Å². The SMILES string of the molecule is C=CC(=O)OCCCCOCC(O)COC(=O)COc1ccc(C(=O)c2ccccc2)cc1. The molecule has 1 N–H and O–H groups in total. The molecule has 0 aliphatic carbocycles. The number of carbonyl (C=O) groups is 3. The molecule has 0 fully saturated rings. The van der Waals surface area contributed by atoms with Crippen LogP contribution in [0.3, 0.4) is 0 Å². The van der Waals surface area contributed by atoms with Gasteiger partial charge in [-0.2, -0.15) is 0 Å². The summed E-state index contributed by atoms with van der Waals surface area (Å²) in [5.74, 6) is -0.789. The first-order valence-electron chi connectivity index (χ1n) is 10.5.